The van der Waals surface area contributed by atoms with Crippen LogP contribution < -0.4 is 5.73 Å². The Kier molecular flexibility index (Phi) is 6.13. The molecule has 8 heteroatoms. The van der Waals surface area contributed by atoms with E-state index < -0.39 is 0 Å². The third-order valence-electron chi connectivity index (χ3n) is 7.45. The molecule has 0 radical (unpaired) electrons. The SMILES string of the molecule is N=NC1=C(N)CC[C@@H](C(=O)N2C[C@H]3CN(C(=O)c4ccc(-c5ccc(Cl)cc5)cc4)C[C@@H]3C2)C1. The van der Waals surface area contributed by atoms with Crippen LogP contribution in [-0.2, 0) is 4.79 Å². The highest BCUT2D eigenvalue weighted by molar-refractivity contribution is 6.30. The Morgan fingerprint density at radius 1 is 0.912 bits per heavy atom. The molecule has 0 spiro atoms. The fourth-order valence-corrected chi connectivity index (χ4v) is 5.62. The van der Waals surface area contributed by atoms with Gasteiger partial charge in [-0.05, 0) is 48.2 Å². The lowest BCUT2D eigenvalue weighted by molar-refractivity contribution is -0.135. The summed E-state index contributed by atoms with van der Waals surface area (Å²) >= 11 is 5.97. The summed E-state index contributed by atoms with van der Waals surface area (Å²) < 4.78 is 0. The first kappa shape index (κ1) is 22.6. The van der Waals surface area contributed by atoms with Crippen molar-refractivity contribution in [2.75, 3.05) is 26.2 Å². The monoisotopic (exact) mass is 477 g/mol. The van der Waals surface area contributed by atoms with Gasteiger partial charge in [0.2, 0.25) is 5.91 Å². The molecule has 3 N–H and O–H groups in total. The topological polar surface area (TPSA) is 103 Å². The third kappa shape index (κ3) is 4.32. The summed E-state index contributed by atoms with van der Waals surface area (Å²) in [5, 5.41) is 4.21. The lowest BCUT2D eigenvalue weighted by Gasteiger charge is -2.28. The molecule has 2 amide bonds. The summed E-state index contributed by atoms with van der Waals surface area (Å²) in [4.78, 5) is 30.1. The Bertz CT molecular complexity index is 1130. The van der Waals surface area contributed by atoms with E-state index in [2.05, 4.69) is 5.11 Å². The molecule has 0 saturated carbocycles. The average molecular weight is 478 g/mol. The Morgan fingerprint density at radius 3 is 2.06 bits per heavy atom. The molecule has 2 heterocycles. The van der Waals surface area contributed by atoms with E-state index in [0.717, 1.165) is 11.1 Å². The quantitative estimate of drug-likeness (QED) is 0.632. The summed E-state index contributed by atoms with van der Waals surface area (Å²) in [6.07, 6.45) is 1.79. The van der Waals surface area contributed by atoms with Crippen LogP contribution in [0.4, 0.5) is 0 Å². The molecule has 3 atom stereocenters. The number of carbonyl (C=O) groups excluding carboxylic acids is 2. The van der Waals surface area contributed by atoms with Crippen molar-refractivity contribution in [1.29, 1.82) is 5.53 Å². The van der Waals surface area contributed by atoms with Crippen LogP contribution in [0.15, 0.2) is 65.0 Å². The number of nitrogens with one attached hydrogen (secondary N) is 1. The van der Waals surface area contributed by atoms with E-state index in [1.165, 1.54) is 0 Å². The first-order valence-electron chi connectivity index (χ1n) is 11.7. The van der Waals surface area contributed by atoms with Gasteiger partial charge in [-0.1, -0.05) is 35.9 Å². The zero-order valence-corrected chi connectivity index (χ0v) is 19.7. The fourth-order valence-electron chi connectivity index (χ4n) is 5.50. The van der Waals surface area contributed by atoms with Crippen molar-refractivity contribution in [3.63, 3.8) is 0 Å². The Balaban J connectivity index is 1.18. The van der Waals surface area contributed by atoms with Gasteiger partial charge in [-0.15, -0.1) is 0 Å². The molecule has 176 valence electrons. The van der Waals surface area contributed by atoms with E-state index in [0.29, 0.717) is 79.3 Å². The normalized spacial score (nSPS) is 24.3. The van der Waals surface area contributed by atoms with Crippen LogP contribution in [0.1, 0.15) is 29.6 Å². The van der Waals surface area contributed by atoms with Gasteiger partial charge in [0.25, 0.3) is 5.91 Å². The molecule has 3 aliphatic rings. The predicted molar refractivity (Wildman–Crippen MR) is 130 cm³/mol. The maximum atomic E-state index is 13.1. The molecule has 2 saturated heterocycles. The highest BCUT2D eigenvalue weighted by Crippen LogP contribution is 2.35. The number of halogens is 1. The van der Waals surface area contributed by atoms with E-state index in [1.807, 2.05) is 58.3 Å². The number of fused-ring (bicyclic) bond motifs is 1. The van der Waals surface area contributed by atoms with Gasteiger partial charge in [0.1, 0.15) is 0 Å². The maximum Gasteiger partial charge on any atom is 0.253 e. The molecule has 7 nitrogen and oxygen atoms in total. The Morgan fingerprint density at radius 2 is 1.47 bits per heavy atom. The second-order valence-corrected chi connectivity index (χ2v) is 10.0. The Hall–Kier alpha value is -3.19. The summed E-state index contributed by atoms with van der Waals surface area (Å²) in [5.41, 5.74) is 17.2. The lowest BCUT2D eigenvalue weighted by atomic mass is 9.89. The number of nitrogens with zero attached hydrogens (tertiary/aromatic N) is 3. The zero-order valence-electron chi connectivity index (χ0n) is 18.9. The first-order chi connectivity index (χ1) is 16.4. The minimum atomic E-state index is -0.146. The fraction of sp³-hybridized carbons (Fsp3) is 0.385. The number of rotatable bonds is 4. The molecular weight excluding hydrogens is 450 g/mol. The summed E-state index contributed by atoms with van der Waals surface area (Å²) in [7, 11) is 0. The van der Waals surface area contributed by atoms with Gasteiger partial charge >= 0.3 is 0 Å². The minimum absolute atomic E-state index is 0.0459. The van der Waals surface area contributed by atoms with Crippen LogP contribution in [0.5, 0.6) is 0 Å². The number of amides is 2. The van der Waals surface area contributed by atoms with Crippen LogP contribution in [0.3, 0.4) is 0 Å². The van der Waals surface area contributed by atoms with Gasteiger partial charge in [-0.2, -0.15) is 5.11 Å². The lowest BCUT2D eigenvalue weighted by Crippen LogP contribution is -2.39. The van der Waals surface area contributed by atoms with E-state index in [9.17, 15) is 9.59 Å². The van der Waals surface area contributed by atoms with Gasteiger partial charge in [0.05, 0.1) is 5.70 Å². The smallest absolute Gasteiger partial charge is 0.253 e. The number of carbonyl (C=O) groups is 2. The van der Waals surface area contributed by atoms with Crippen LogP contribution in [-0.4, -0.2) is 47.8 Å². The van der Waals surface area contributed by atoms with E-state index in [1.54, 1.807) is 0 Å². The van der Waals surface area contributed by atoms with Crippen molar-refractivity contribution in [3.8, 4) is 11.1 Å². The molecule has 0 aromatic heterocycles. The van der Waals surface area contributed by atoms with Gasteiger partial charge in [-0.25, -0.2) is 5.53 Å². The summed E-state index contributed by atoms with van der Waals surface area (Å²) in [5.74, 6) is 0.659. The van der Waals surface area contributed by atoms with E-state index in [4.69, 9.17) is 22.9 Å². The Labute approximate surface area is 204 Å². The largest absolute Gasteiger partial charge is 0.401 e. The maximum absolute atomic E-state index is 13.1. The molecule has 2 aromatic rings. The second-order valence-electron chi connectivity index (χ2n) is 9.58. The van der Waals surface area contributed by atoms with Crippen molar-refractivity contribution >= 4 is 23.4 Å². The summed E-state index contributed by atoms with van der Waals surface area (Å²) in [6, 6.07) is 15.4. The van der Waals surface area contributed by atoms with Crippen molar-refractivity contribution in [3.05, 3.63) is 70.5 Å². The standard InChI is InChI=1S/C26H28ClN5O2/c27-22-8-5-17(6-9-22)16-1-3-18(4-2-16)25(33)31-12-20-14-32(15-21(20)13-31)26(34)19-7-10-23(28)24(11-19)30-29/h1-6,8-9,19-21,29H,7,10-15,28H2/t19-,20-,21-/m1/s1. The van der Waals surface area contributed by atoms with Crippen molar-refractivity contribution in [1.82, 2.24) is 9.80 Å². The van der Waals surface area contributed by atoms with Gasteiger partial charge in [0, 0.05) is 66.6 Å². The van der Waals surface area contributed by atoms with E-state index >= 15 is 0 Å². The second kappa shape index (κ2) is 9.22. The van der Waals surface area contributed by atoms with Crippen molar-refractivity contribution in [2.45, 2.75) is 19.3 Å². The molecule has 0 bridgehead atoms. The number of allylic oxidation sites excluding steroid dienone is 2. The molecule has 2 aliphatic heterocycles. The van der Waals surface area contributed by atoms with Crippen molar-refractivity contribution < 1.29 is 9.59 Å². The molecule has 5 rings (SSSR count). The average Bonchev–Trinajstić information content (AvgIpc) is 3.44. The molecular formula is C26H28ClN5O2. The molecule has 1 aliphatic carbocycles. The number of hydrogen-bond donors (Lipinski definition) is 2. The van der Waals surface area contributed by atoms with Gasteiger partial charge < -0.3 is 15.5 Å². The summed E-state index contributed by atoms with van der Waals surface area (Å²) in [6.45, 7) is 2.73. The number of benzene rings is 2. The van der Waals surface area contributed by atoms with Crippen LogP contribution in [0.25, 0.3) is 11.1 Å². The number of likely N-dealkylation sites (tertiary alicyclic amines) is 2. The van der Waals surface area contributed by atoms with E-state index in [-0.39, 0.29) is 17.7 Å². The minimum Gasteiger partial charge on any atom is -0.401 e. The molecule has 34 heavy (non-hydrogen) atoms. The number of nitrogens with two attached hydrogens (primary N) is 1. The molecule has 2 fully saturated rings. The molecule has 2 aromatic carbocycles. The van der Waals surface area contributed by atoms with Crippen LogP contribution in [0, 0.1) is 23.3 Å². The number of hydrogen-bond acceptors (Lipinski definition) is 5. The highest BCUT2D eigenvalue weighted by atomic mass is 35.5. The van der Waals surface area contributed by atoms with Crippen molar-refractivity contribution in [2.24, 2.45) is 28.6 Å². The zero-order chi connectivity index (χ0) is 23.8. The van der Waals surface area contributed by atoms with Gasteiger partial charge in [0.15, 0.2) is 0 Å². The predicted octanol–water partition coefficient (Wildman–Crippen LogP) is 4.54. The first-order valence-corrected chi connectivity index (χ1v) is 12.1. The van der Waals surface area contributed by atoms with Crippen LogP contribution in [0.2, 0.25) is 5.02 Å². The highest BCUT2D eigenvalue weighted by Gasteiger charge is 2.44. The molecule has 0 unspecified atom stereocenters. The van der Waals surface area contributed by atoms with Crippen LogP contribution >= 0.6 is 11.6 Å². The van der Waals surface area contributed by atoms with Gasteiger partial charge in [-0.3, -0.25) is 9.59 Å². The third-order valence-corrected chi connectivity index (χ3v) is 7.70.